The first-order valence-electron chi connectivity index (χ1n) is 10.5. The van der Waals surface area contributed by atoms with E-state index in [4.69, 9.17) is 4.74 Å². The van der Waals surface area contributed by atoms with Crippen molar-refractivity contribution in [1.29, 1.82) is 0 Å². The molecule has 10 heteroatoms. The number of halogens is 7. The van der Waals surface area contributed by atoms with Gasteiger partial charge in [-0.3, -0.25) is 0 Å². The molecule has 0 N–H and O–H groups in total. The highest BCUT2D eigenvalue weighted by Crippen LogP contribution is 2.66. The number of benzene rings is 2. The summed E-state index contributed by atoms with van der Waals surface area (Å²) in [5.74, 6) is -15.6. The van der Waals surface area contributed by atoms with E-state index in [-0.39, 0.29) is 38.2 Å². The molecule has 184 valence electrons. The summed E-state index contributed by atoms with van der Waals surface area (Å²) in [6.07, 6.45) is 0. The zero-order chi connectivity index (χ0) is 25.7. The second-order valence-corrected chi connectivity index (χ2v) is 11.1. The quantitative estimate of drug-likeness (QED) is 0.166. The summed E-state index contributed by atoms with van der Waals surface area (Å²) in [6, 6.07) is 9.46. The van der Waals surface area contributed by atoms with Crippen LogP contribution in [-0.2, 0) is 7.05 Å². The third kappa shape index (κ3) is 3.07. The monoisotopic (exact) mass is 621 g/mol. The fourth-order valence-corrected chi connectivity index (χ4v) is 6.70. The van der Waals surface area contributed by atoms with Gasteiger partial charge < -0.3 is 9.30 Å². The Bertz CT molecular complexity index is 1570. The van der Waals surface area contributed by atoms with Gasteiger partial charge in [0.25, 0.3) is 0 Å². The van der Waals surface area contributed by atoms with E-state index < -0.39 is 28.9 Å². The van der Waals surface area contributed by atoms with Crippen LogP contribution < -0.4 is 4.74 Å². The highest BCUT2D eigenvalue weighted by Gasteiger charge is 2.80. The van der Waals surface area contributed by atoms with Crippen molar-refractivity contribution < 1.29 is 31.1 Å². The average molecular weight is 621 g/mol. The van der Waals surface area contributed by atoms with Crippen LogP contribution in [0.1, 0.15) is 21.7 Å². The number of alkyl halides is 6. The van der Waals surface area contributed by atoms with Crippen LogP contribution in [0.5, 0.6) is 5.75 Å². The number of methoxy groups -OCH3 is 1. The van der Waals surface area contributed by atoms with Crippen LogP contribution >= 0.6 is 33.9 Å². The van der Waals surface area contributed by atoms with Crippen LogP contribution in [0.3, 0.4) is 0 Å². The maximum atomic E-state index is 15.6. The van der Waals surface area contributed by atoms with Crippen molar-refractivity contribution in [2.75, 3.05) is 7.11 Å². The van der Waals surface area contributed by atoms with Crippen molar-refractivity contribution in [3.8, 4) is 5.75 Å². The summed E-state index contributed by atoms with van der Waals surface area (Å²) in [5, 5.41) is 0.376. The molecule has 2 heterocycles. The number of aromatic nitrogens is 1. The summed E-state index contributed by atoms with van der Waals surface area (Å²) < 4.78 is 100. The molecule has 1 aliphatic rings. The van der Waals surface area contributed by atoms with Gasteiger partial charge in [0.15, 0.2) is 0 Å². The first-order chi connectivity index (χ1) is 16.3. The Kier molecular flexibility index (Phi) is 5.35. The number of rotatable bonds is 3. The van der Waals surface area contributed by atoms with Gasteiger partial charge in [0, 0.05) is 64.5 Å². The van der Waals surface area contributed by atoms with Gasteiger partial charge in [0.2, 0.25) is 0 Å². The Morgan fingerprint density at radius 3 is 2.11 bits per heavy atom. The zero-order valence-electron chi connectivity index (χ0n) is 18.9. The molecule has 2 aromatic heterocycles. The van der Waals surface area contributed by atoms with Crippen LogP contribution in [0.25, 0.3) is 32.1 Å². The maximum absolute atomic E-state index is 15.6. The van der Waals surface area contributed by atoms with E-state index in [1.54, 1.807) is 31.3 Å². The Morgan fingerprint density at radius 1 is 0.857 bits per heavy atom. The summed E-state index contributed by atoms with van der Waals surface area (Å²) in [5.41, 5.74) is -2.66. The van der Waals surface area contributed by atoms with Gasteiger partial charge in [0.05, 0.1) is 7.11 Å². The lowest BCUT2D eigenvalue weighted by Crippen LogP contribution is -2.49. The number of hydrogen-bond donors (Lipinski definition) is 0. The fraction of sp³-hybridized carbons (Fsp3) is 0.280. The molecule has 0 amide bonds. The van der Waals surface area contributed by atoms with E-state index in [0.717, 1.165) is 14.9 Å². The van der Waals surface area contributed by atoms with Gasteiger partial charge >= 0.3 is 17.8 Å². The third-order valence-corrected chi connectivity index (χ3v) is 8.43. The number of nitrogens with zero attached hydrogens (tertiary/aromatic N) is 1. The molecule has 0 atom stereocenters. The zero-order valence-corrected chi connectivity index (χ0v) is 21.8. The van der Waals surface area contributed by atoms with E-state index in [1.807, 2.05) is 22.6 Å². The average Bonchev–Trinajstić information content (AvgIpc) is 3.26. The van der Waals surface area contributed by atoms with Crippen molar-refractivity contribution in [2.45, 2.75) is 31.6 Å². The summed E-state index contributed by atoms with van der Waals surface area (Å²) in [6.45, 7) is 2.94. The molecule has 35 heavy (non-hydrogen) atoms. The van der Waals surface area contributed by atoms with Gasteiger partial charge in [-0.2, -0.15) is 26.3 Å². The van der Waals surface area contributed by atoms with E-state index in [2.05, 4.69) is 0 Å². The number of aryl methyl sites for hydroxylation is 2. The van der Waals surface area contributed by atoms with E-state index in [9.17, 15) is 8.78 Å². The SMILES string of the molecule is COc1ccc2c(c1)c(C1=C(c3c(C)sc4cc(I)ccc34)C(F)(F)C(F)(F)C1(F)F)c(C)n2C. The van der Waals surface area contributed by atoms with Crippen LogP contribution in [0.15, 0.2) is 36.4 Å². The molecule has 0 fully saturated rings. The lowest BCUT2D eigenvalue weighted by Gasteiger charge is -2.26. The molecule has 1 aliphatic carbocycles. The molecule has 4 aromatic rings. The minimum absolute atomic E-state index is 0.136. The first kappa shape index (κ1) is 24.5. The Morgan fingerprint density at radius 2 is 1.49 bits per heavy atom. The molecular weight excluding hydrogens is 603 g/mol. The molecule has 0 radical (unpaired) electrons. The standard InChI is InChI=1S/C25H18F6INOS/c1-11-19(16-10-14(34-4)6-8-17(16)33(11)3)21-22(24(28,29)25(30,31)23(21,26)27)20-12(2)35-18-9-13(32)5-7-15(18)20/h5-10H,1-4H3. The highest BCUT2D eigenvalue weighted by atomic mass is 127. The first-order valence-corrected chi connectivity index (χ1v) is 12.4. The summed E-state index contributed by atoms with van der Waals surface area (Å²) in [4.78, 5) is 0.262. The molecular formula is C25H18F6INOS. The number of thiophene rings is 1. The lowest BCUT2D eigenvalue weighted by molar-refractivity contribution is -0.254. The molecule has 0 aliphatic heterocycles. The van der Waals surface area contributed by atoms with Gasteiger partial charge in [0.1, 0.15) is 5.75 Å². The van der Waals surface area contributed by atoms with Crippen molar-refractivity contribution in [1.82, 2.24) is 4.57 Å². The fourth-order valence-electron chi connectivity index (χ4n) is 4.89. The van der Waals surface area contributed by atoms with Crippen molar-refractivity contribution in [3.63, 3.8) is 0 Å². The van der Waals surface area contributed by atoms with Crippen molar-refractivity contribution in [2.24, 2.45) is 7.05 Å². The van der Waals surface area contributed by atoms with Crippen LogP contribution in [0.4, 0.5) is 26.3 Å². The predicted octanol–water partition coefficient (Wildman–Crippen LogP) is 8.45. The van der Waals surface area contributed by atoms with E-state index in [0.29, 0.717) is 10.2 Å². The molecule has 2 aromatic carbocycles. The third-order valence-electron chi connectivity index (χ3n) is 6.69. The number of hydrogen-bond acceptors (Lipinski definition) is 2. The lowest BCUT2D eigenvalue weighted by atomic mass is 9.91. The molecule has 5 rings (SSSR count). The van der Waals surface area contributed by atoms with E-state index >= 15 is 17.6 Å². The van der Waals surface area contributed by atoms with Gasteiger partial charge in [-0.25, -0.2) is 0 Å². The largest absolute Gasteiger partial charge is 0.497 e. The Hall–Kier alpha value is -2.21. The maximum Gasteiger partial charge on any atom is 0.380 e. The number of allylic oxidation sites excluding steroid dienone is 2. The molecule has 0 bridgehead atoms. The molecule has 2 nitrogen and oxygen atoms in total. The summed E-state index contributed by atoms with van der Waals surface area (Å²) >= 11 is 3.15. The minimum atomic E-state index is -5.62. The van der Waals surface area contributed by atoms with Crippen LogP contribution in [0.2, 0.25) is 0 Å². The highest BCUT2D eigenvalue weighted by molar-refractivity contribution is 14.1. The number of ether oxygens (including phenoxy) is 1. The van der Waals surface area contributed by atoms with Crippen molar-refractivity contribution >= 4 is 66.1 Å². The minimum Gasteiger partial charge on any atom is -0.497 e. The van der Waals surface area contributed by atoms with Gasteiger partial charge in [-0.05, 0) is 66.8 Å². The molecule has 0 unspecified atom stereocenters. The van der Waals surface area contributed by atoms with Gasteiger partial charge in [-0.1, -0.05) is 6.07 Å². The van der Waals surface area contributed by atoms with Gasteiger partial charge in [-0.15, -0.1) is 11.3 Å². The second-order valence-electron chi connectivity index (χ2n) is 8.55. The molecule has 0 saturated heterocycles. The second kappa shape index (κ2) is 7.64. The molecule has 0 spiro atoms. The van der Waals surface area contributed by atoms with Crippen molar-refractivity contribution in [3.05, 3.63) is 61.7 Å². The van der Waals surface area contributed by atoms with Crippen LogP contribution in [-0.4, -0.2) is 29.4 Å². The predicted molar refractivity (Wildman–Crippen MR) is 135 cm³/mol. The topological polar surface area (TPSA) is 14.2 Å². The number of fused-ring (bicyclic) bond motifs is 2. The normalized spacial score (nSPS) is 18.7. The van der Waals surface area contributed by atoms with E-state index in [1.165, 1.54) is 37.7 Å². The smallest absolute Gasteiger partial charge is 0.380 e. The Labute approximate surface area is 214 Å². The summed E-state index contributed by atoms with van der Waals surface area (Å²) in [7, 11) is 2.94. The molecule has 0 saturated carbocycles. The van der Waals surface area contributed by atoms with Crippen LogP contribution in [0, 0.1) is 17.4 Å². The Balaban J connectivity index is 2.01.